The van der Waals surface area contributed by atoms with Crippen LogP contribution < -0.4 is 14.8 Å². The summed E-state index contributed by atoms with van der Waals surface area (Å²) in [5.74, 6) is 1.60. The molecule has 1 aromatic carbocycles. The van der Waals surface area contributed by atoms with Crippen molar-refractivity contribution in [2.75, 3.05) is 25.1 Å². The van der Waals surface area contributed by atoms with Crippen LogP contribution in [0.25, 0.3) is 0 Å². The third kappa shape index (κ3) is 2.75. The molecule has 1 fully saturated rings. The second-order valence-electron chi connectivity index (χ2n) is 6.52. The van der Waals surface area contributed by atoms with E-state index >= 15 is 0 Å². The number of benzene rings is 1. The van der Waals surface area contributed by atoms with Crippen LogP contribution >= 0.6 is 0 Å². The molecule has 0 amide bonds. The van der Waals surface area contributed by atoms with Gasteiger partial charge in [-0.3, -0.25) is 4.79 Å². The molecular weight excluding hydrogens is 304 g/mol. The highest BCUT2D eigenvalue weighted by Gasteiger charge is 2.28. The van der Waals surface area contributed by atoms with E-state index in [2.05, 4.69) is 16.8 Å². The Kier molecular flexibility index (Phi) is 3.71. The van der Waals surface area contributed by atoms with Gasteiger partial charge in [-0.25, -0.2) is 0 Å². The molecule has 0 bridgehead atoms. The summed E-state index contributed by atoms with van der Waals surface area (Å²) in [6.07, 6.45) is 2.44. The molecule has 1 N–H and O–H groups in total. The number of nitrogens with one attached hydrogen (secondary N) is 1. The van der Waals surface area contributed by atoms with E-state index in [4.69, 9.17) is 9.47 Å². The van der Waals surface area contributed by atoms with E-state index in [1.807, 2.05) is 31.2 Å². The van der Waals surface area contributed by atoms with Gasteiger partial charge in [0.25, 0.3) is 0 Å². The fraction of sp³-hybridized carbons (Fsp3) is 0.421. The van der Waals surface area contributed by atoms with Gasteiger partial charge in [0.1, 0.15) is 13.2 Å². The first-order valence-electron chi connectivity index (χ1n) is 8.48. The lowest BCUT2D eigenvalue weighted by atomic mass is 10.1. The lowest BCUT2D eigenvalue weighted by Crippen LogP contribution is -2.17. The van der Waals surface area contributed by atoms with Crippen molar-refractivity contribution in [3.8, 4) is 11.5 Å². The summed E-state index contributed by atoms with van der Waals surface area (Å²) in [6.45, 7) is 5.53. The minimum absolute atomic E-state index is 0.116. The number of Topliss-reactive ketones (excluding diaryl/α,β-unsaturated/α-hetero) is 1. The minimum Gasteiger partial charge on any atom is -0.486 e. The Labute approximate surface area is 141 Å². The lowest BCUT2D eigenvalue weighted by molar-refractivity contribution is 0.101. The van der Waals surface area contributed by atoms with Crippen LogP contribution in [0.15, 0.2) is 24.3 Å². The molecule has 24 heavy (non-hydrogen) atoms. The summed E-state index contributed by atoms with van der Waals surface area (Å²) < 4.78 is 13.4. The van der Waals surface area contributed by atoms with Crippen LogP contribution in [0.2, 0.25) is 0 Å². The van der Waals surface area contributed by atoms with Gasteiger partial charge < -0.3 is 19.4 Å². The maximum atomic E-state index is 12.6. The highest BCUT2D eigenvalue weighted by atomic mass is 16.6. The highest BCUT2D eigenvalue weighted by molar-refractivity contribution is 6.00. The Morgan fingerprint density at radius 1 is 1.17 bits per heavy atom. The number of anilines is 1. The van der Waals surface area contributed by atoms with Crippen molar-refractivity contribution in [3.05, 3.63) is 41.2 Å². The molecular formula is C19H22N2O3. The van der Waals surface area contributed by atoms with Crippen LogP contribution in [0, 0.1) is 13.8 Å². The molecule has 0 spiro atoms. The van der Waals surface area contributed by atoms with E-state index in [0.717, 1.165) is 28.4 Å². The SMILES string of the molecule is Cc1cc(C(=O)CNc2ccc3c(c2)OCCO3)c(C)n1C1CC1. The third-order valence-corrected chi connectivity index (χ3v) is 4.69. The Morgan fingerprint density at radius 2 is 1.92 bits per heavy atom. The molecule has 1 aliphatic heterocycles. The first-order chi connectivity index (χ1) is 11.6. The number of carbonyl (C=O) groups is 1. The van der Waals surface area contributed by atoms with E-state index in [1.165, 1.54) is 18.5 Å². The first kappa shape index (κ1) is 15.1. The Bertz CT molecular complexity index is 790. The predicted octanol–water partition coefficient (Wildman–Crippen LogP) is 3.51. The van der Waals surface area contributed by atoms with Gasteiger partial charge in [-0.2, -0.15) is 0 Å². The molecule has 1 saturated carbocycles. The van der Waals surface area contributed by atoms with Gasteiger partial charge in [0, 0.05) is 34.7 Å². The van der Waals surface area contributed by atoms with Crippen LogP contribution in [0.5, 0.6) is 11.5 Å². The van der Waals surface area contributed by atoms with Gasteiger partial charge in [0.05, 0.1) is 6.54 Å². The van der Waals surface area contributed by atoms with Crippen molar-refractivity contribution in [2.45, 2.75) is 32.7 Å². The summed E-state index contributed by atoms with van der Waals surface area (Å²) in [4.78, 5) is 12.6. The number of aryl methyl sites for hydroxylation is 1. The summed E-state index contributed by atoms with van der Waals surface area (Å²) >= 11 is 0. The molecule has 0 atom stereocenters. The molecule has 0 unspecified atom stereocenters. The number of ketones is 1. The average molecular weight is 326 g/mol. The maximum absolute atomic E-state index is 12.6. The molecule has 1 aromatic heterocycles. The molecule has 2 aliphatic rings. The normalized spacial score (nSPS) is 16.1. The second kappa shape index (κ2) is 5.89. The van der Waals surface area contributed by atoms with E-state index in [0.29, 0.717) is 19.3 Å². The summed E-state index contributed by atoms with van der Waals surface area (Å²) in [5.41, 5.74) is 3.95. The zero-order valence-corrected chi connectivity index (χ0v) is 14.1. The summed E-state index contributed by atoms with van der Waals surface area (Å²) in [7, 11) is 0. The molecule has 1 aliphatic carbocycles. The van der Waals surface area contributed by atoms with Crippen LogP contribution in [0.1, 0.15) is 40.6 Å². The van der Waals surface area contributed by atoms with Crippen molar-refractivity contribution in [1.29, 1.82) is 0 Å². The van der Waals surface area contributed by atoms with E-state index in [1.54, 1.807) is 0 Å². The van der Waals surface area contributed by atoms with Gasteiger partial charge in [-0.1, -0.05) is 0 Å². The maximum Gasteiger partial charge on any atom is 0.183 e. The molecule has 4 rings (SSSR count). The summed E-state index contributed by atoms with van der Waals surface area (Å²) in [6, 6.07) is 8.28. The number of hydrogen-bond donors (Lipinski definition) is 1. The van der Waals surface area contributed by atoms with Gasteiger partial charge in [-0.15, -0.1) is 0 Å². The lowest BCUT2D eigenvalue weighted by Gasteiger charge is -2.19. The monoisotopic (exact) mass is 326 g/mol. The molecule has 0 saturated heterocycles. The number of rotatable bonds is 5. The second-order valence-corrected chi connectivity index (χ2v) is 6.52. The molecule has 2 aromatic rings. The fourth-order valence-corrected chi connectivity index (χ4v) is 3.38. The number of ether oxygens (including phenoxy) is 2. The number of carbonyl (C=O) groups excluding carboxylic acids is 1. The minimum atomic E-state index is 0.116. The van der Waals surface area contributed by atoms with Crippen LogP contribution in [-0.2, 0) is 0 Å². The van der Waals surface area contributed by atoms with Gasteiger partial charge in [-0.05, 0) is 44.9 Å². The standard InChI is InChI=1S/C19H22N2O3/c1-12-9-16(13(2)21(12)15-4-5-15)17(22)11-20-14-3-6-18-19(10-14)24-8-7-23-18/h3,6,9-10,15,20H,4-5,7-8,11H2,1-2H3. The van der Waals surface area contributed by atoms with E-state index in [9.17, 15) is 4.79 Å². The number of aromatic nitrogens is 1. The quantitative estimate of drug-likeness (QED) is 0.854. The van der Waals surface area contributed by atoms with E-state index < -0.39 is 0 Å². The van der Waals surface area contributed by atoms with Gasteiger partial charge in [0.2, 0.25) is 0 Å². The zero-order valence-electron chi connectivity index (χ0n) is 14.1. The number of hydrogen-bond acceptors (Lipinski definition) is 4. The van der Waals surface area contributed by atoms with Crippen molar-refractivity contribution in [3.63, 3.8) is 0 Å². The van der Waals surface area contributed by atoms with Crippen LogP contribution in [0.3, 0.4) is 0 Å². The highest BCUT2D eigenvalue weighted by Crippen LogP contribution is 2.38. The van der Waals surface area contributed by atoms with E-state index in [-0.39, 0.29) is 12.3 Å². The van der Waals surface area contributed by atoms with Crippen LogP contribution in [0.4, 0.5) is 5.69 Å². The van der Waals surface area contributed by atoms with Gasteiger partial charge in [0.15, 0.2) is 17.3 Å². The topological polar surface area (TPSA) is 52.5 Å². The van der Waals surface area contributed by atoms with Gasteiger partial charge >= 0.3 is 0 Å². The van der Waals surface area contributed by atoms with Crippen molar-refractivity contribution in [1.82, 2.24) is 4.57 Å². The Balaban J connectivity index is 1.46. The smallest absolute Gasteiger partial charge is 0.183 e. The Morgan fingerprint density at radius 3 is 2.67 bits per heavy atom. The molecule has 2 heterocycles. The van der Waals surface area contributed by atoms with Crippen molar-refractivity contribution in [2.24, 2.45) is 0 Å². The molecule has 5 heteroatoms. The average Bonchev–Trinajstić information content (AvgIpc) is 3.37. The fourth-order valence-electron chi connectivity index (χ4n) is 3.38. The molecule has 5 nitrogen and oxygen atoms in total. The number of nitrogens with zero attached hydrogens (tertiary/aromatic N) is 1. The Hall–Kier alpha value is -2.43. The van der Waals surface area contributed by atoms with Crippen molar-refractivity contribution < 1.29 is 14.3 Å². The third-order valence-electron chi connectivity index (χ3n) is 4.69. The zero-order chi connectivity index (χ0) is 16.7. The largest absolute Gasteiger partial charge is 0.486 e. The summed E-state index contributed by atoms with van der Waals surface area (Å²) in [5, 5.41) is 3.20. The predicted molar refractivity (Wildman–Crippen MR) is 92.4 cm³/mol. The number of fused-ring (bicyclic) bond motifs is 1. The van der Waals surface area contributed by atoms with Crippen LogP contribution in [-0.4, -0.2) is 30.1 Å². The molecule has 0 radical (unpaired) electrons. The molecule has 126 valence electrons. The first-order valence-corrected chi connectivity index (χ1v) is 8.48. The van der Waals surface area contributed by atoms with Crippen molar-refractivity contribution >= 4 is 11.5 Å².